The van der Waals surface area contributed by atoms with Gasteiger partial charge in [-0.15, -0.1) is 0 Å². The van der Waals surface area contributed by atoms with E-state index in [1.54, 1.807) is 0 Å². The minimum Gasteiger partial charge on any atom is -0.466 e. The van der Waals surface area contributed by atoms with Crippen LogP contribution in [0.4, 0.5) is 0 Å². The van der Waals surface area contributed by atoms with Crippen LogP contribution in [0.3, 0.4) is 0 Å². The summed E-state index contributed by atoms with van der Waals surface area (Å²) in [5, 5.41) is 0.101. The van der Waals surface area contributed by atoms with Crippen molar-refractivity contribution in [3.63, 3.8) is 0 Å². The molecule has 2 aliphatic heterocycles. The standard InChI is InChI=1S/C11H14N2O4S2/c1-4-8-11(13(7(3)15)10(19)17-8)5-16-9(18)12(11)6(2)14/h8H,4-5H2,1-3H3/t8-,11?/m0/s1. The molecule has 0 saturated carbocycles. The monoisotopic (exact) mass is 302 g/mol. The van der Waals surface area contributed by atoms with Crippen LogP contribution in [-0.4, -0.2) is 50.3 Å². The Morgan fingerprint density at radius 3 is 2.26 bits per heavy atom. The van der Waals surface area contributed by atoms with Gasteiger partial charge >= 0.3 is 0 Å². The molecule has 2 saturated heterocycles. The Balaban J connectivity index is 2.58. The lowest BCUT2D eigenvalue weighted by atomic mass is 9.99. The van der Waals surface area contributed by atoms with Crippen LogP contribution in [-0.2, 0) is 19.1 Å². The Morgan fingerprint density at radius 2 is 1.79 bits per heavy atom. The van der Waals surface area contributed by atoms with Crippen molar-refractivity contribution in [2.75, 3.05) is 6.61 Å². The minimum atomic E-state index is -1.08. The van der Waals surface area contributed by atoms with E-state index in [9.17, 15) is 9.59 Å². The molecule has 1 spiro atoms. The summed E-state index contributed by atoms with van der Waals surface area (Å²) in [6.45, 7) is 4.70. The molecule has 0 radical (unpaired) electrons. The fraction of sp³-hybridized carbons (Fsp3) is 0.636. The van der Waals surface area contributed by atoms with E-state index in [1.807, 2.05) is 6.92 Å². The summed E-state index contributed by atoms with van der Waals surface area (Å²) < 4.78 is 10.9. The summed E-state index contributed by atoms with van der Waals surface area (Å²) in [5.41, 5.74) is -1.08. The van der Waals surface area contributed by atoms with Crippen LogP contribution < -0.4 is 0 Å². The summed E-state index contributed by atoms with van der Waals surface area (Å²) in [7, 11) is 0. The molecule has 0 aromatic heterocycles. The lowest BCUT2D eigenvalue weighted by molar-refractivity contribution is -0.141. The molecule has 2 rings (SSSR count). The number of ether oxygens (including phenoxy) is 2. The molecule has 2 heterocycles. The largest absolute Gasteiger partial charge is 0.466 e. The summed E-state index contributed by atoms with van der Waals surface area (Å²) in [6, 6.07) is 0. The van der Waals surface area contributed by atoms with Crippen molar-refractivity contribution in [1.29, 1.82) is 0 Å². The van der Waals surface area contributed by atoms with Crippen LogP contribution in [0.2, 0.25) is 0 Å². The SMILES string of the molecule is CC[C@@H]1OC(=S)N(C(C)=O)C12COC(=S)N2C(C)=O. The molecule has 6 nitrogen and oxygen atoms in total. The van der Waals surface area contributed by atoms with Crippen molar-refractivity contribution in [3.8, 4) is 0 Å². The first kappa shape index (κ1) is 14.1. The molecule has 104 valence electrons. The average Bonchev–Trinajstić information content (AvgIpc) is 2.78. The zero-order chi connectivity index (χ0) is 14.4. The van der Waals surface area contributed by atoms with E-state index in [0.29, 0.717) is 6.42 Å². The fourth-order valence-corrected chi connectivity index (χ4v) is 3.39. The van der Waals surface area contributed by atoms with Gasteiger partial charge in [-0.05, 0) is 30.9 Å². The summed E-state index contributed by atoms with van der Waals surface area (Å²) in [4.78, 5) is 26.3. The van der Waals surface area contributed by atoms with E-state index in [4.69, 9.17) is 33.9 Å². The van der Waals surface area contributed by atoms with E-state index in [1.165, 1.54) is 23.6 Å². The Kier molecular flexibility index (Phi) is 3.48. The molecule has 2 fully saturated rings. The Hall–Kier alpha value is -1.28. The maximum atomic E-state index is 11.9. The average molecular weight is 302 g/mol. The number of rotatable bonds is 1. The number of amides is 2. The van der Waals surface area contributed by atoms with E-state index < -0.39 is 11.8 Å². The second-order valence-corrected chi connectivity index (χ2v) is 5.12. The fourth-order valence-electron chi connectivity index (χ4n) is 2.64. The van der Waals surface area contributed by atoms with E-state index in [2.05, 4.69) is 0 Å². The third-order valence-corrected chi connectivity index (χ3v) is 3.89. The first-order valence-corrected chi connectivity index (χ1v) is 6.66. The number of thiocarbonyl (C=S) groups is 2. The van der Waals surface area contributed by atoms with Gasteiger partial charge < -0.3 is 9.47 Å². The van der Waals surface area contributed by atoms with E-state index in [0.717, 1.165) is 0 Å². The van der Waals surface area contributed by atoms with Crippen molar-refractivity contribution in [2.24, 2.45) is 0 Å². The summed E-state index contributed by atoms with van der Waals surface area (Å²) >= 11 is 10.1. The van der Waals surface area contributed by atoms with Crippen LogP contribution in [0.25, 0.3) is 0 Å². The molecular formula is C11H14N2O4S2. The van der Waals surface area contributed by atoms with Gasteiger partial charge in [0.15, 0.2) is 0 Å². The van der Waals surface area contributed by atoms with Gasteiger partial charge in [-0.1, -0.05) is 6.92 Å². The zero-order valence-electron chi connectivity index (χ0n) is 10.8. The van der Waals surface area contributed by atoms with Crippen molar-refractivity contribution in [3.05, 3.63) is 0 Å². The highest BCUT2D eigenvalue weighted by Crippen LogP contribution is 2.40. The van der Waals surface area contributed by atoms with Crippen LogP contribution in [0.15, 0.2) is 0 Å². The molecule has 2 aliphatic rings. The lowest BCUT2D eigenvalue weighted by Crippen LogP contribution is -2.64. The highest BCUT2D eigenvalue weighted by Gasteiger charge is 2.64. The number of hydrogen-bond donors (Lipinski definition) is 0. The van der Waals surface area contributed by atoms with Crippen LogP contribution in [0.5, 0.6) is 0 Å². The number of nitrogens with zero attached hydrogens (tertiary/aromatic N) is 2. The van der Waals surface area contributed by atoms with Gasteiger partial charge in [0.25, 0.3) is 10.3 Å². The van der Waals surface area contributed by atoms with Crippen molar-refractivity contribution >= 4 is 46.6 Å². The predicted octanol–water partition coefficient (Wildman–Crippen LogP) is 0.788. The second kappa shape index (κ2) is 4.68. The summed E-state index contributed by atoms with van der Waals surface area (Å²) in [6.07, 6.45) is 0.118. The van der Waals surface area contributed by atoms with Gasteiger partial charge in [0.2, 0.25) is 17.5 Å². The first-order valence-electron chi connectivity index (χ1n) is 5.85. The van der Waals surface area contributed by atoms with Crippen LogP contribution in [0, 0.1) is 0 Å². The normalized spacial score (nSPS) is 29.7. The second-order valence-electron chi connectivity index (χ2n) is 4.42. The molecule has 8 heteroatoms. The van der Waals surface area contributed by atoms with Gasteiger partial charge in [-0.2, -0.15) is 0 Å². The predicted molar refractivity (Wildman–Crippen MR) is 74.1 cm³/mol. The smallest absolute Gasteiger partial charge is 0.268 e. The topological polar surface area (TPSA) is 59.1 Å². The molecule has 2 amide bonds. The number of carbonyl (C=O) groups excluding carboxylic acids is 2. The van der Waals surface area contributed by atoms with Crippen LogP contribution >= 0.6 is 24.4 Å². The Labute approximate surface area is 121 Å². The van der Waals surface area contributed by atoms with E-state index in [-0.39, 0.29) is 28.8 Å². The Morgan fingerprint density at radius 1 is 1.26 bits per heavy atom. The molecule has 19 heavy (non-hydrogen) atoms. The van der Waals surface area contributed by atoms with Gasteiger partial charge in [0.05, 0.1) is 0 Å². The highest BCUT2D eigenvalue weighted by molar-refractivity contribution is 7.80. The lowest BCUT2D eigenvalue weighted by Gasteiger charge is -2.37. The van der Waals surface area contributed by atoms with E-state index >= 15 is 0 Å². The molecule has 0 aliphatic carbocycles. The highest BCUT2D eigenvalue weighted by atomic mass is 32.1. The van der Waals surface area contributed by atoms with Gasteiger partial charge in [0, 0.05) is 13.8 Å². The molecule has 0 bridgehead atoms. The quantitative estimate of drug-likeness (QED) is 0.668. The zero-order valence-corrected chi connectivity index (χ0v) is 12.5. The molecule has 0 aromatic rings. The van der Waals surface area contributed by atoms with Gasteiger partial charge in [-0.25, -0.2) is 9.80 Å². The summed E-state index contributed by atoms with van der Waals surface area (Å²) in [5.74, 6) is -0.610. The molecule has 0 aromatic carbocycles. The minimum absolute atomic E-state index is 0.0468. The van der Waals surface area contributed by atoms with Gasteiger partial charge in [0.1, 0.15) is 12.7 Å². The molecule has 2 atom stereocenters. The number of carbonyl (C=O) groups is 2. The van der Waals surface area contributed by atoms with Crippen molar-refractivity contribution in [2.45, 2.75) is 39.0 Å². The molecule has 0 N–H and O–H groups in total. The first-order chi connectivity index (χ1) is 8.86. The van der Waals surface area contributed by atoms with Crippen molar-refractivity contribution < 1.29 is 19.1 Å². The third-order valence-electron chi connectivity index (χ3n) is 3.31. The van der Waals surface area contributed by atoms with Gasteiger partial charge in [-0.3, -0.25) is 9.59 Å². The number of hydrogen-bond acceptors (Lipinski definition) is 6. The van der Waals surface area contributed by atoms with Crippen LogP contribution in [0.1, 0.15) is 27.2 Å². The molecular weight excluding hydrogens is 288 g/mol. The molecule has 1 unspecified atom stereocenters. The van der Waals surface area contributed by atoms with Crippen molar-refractivity contribution in [1.82, 2.24) is 9.80 Å². The maximum absolute atomic E-state index is 11.9. The maximum Gasteiger partial charge on any atom is 0.268 e. The third kappa shape index (κ3) is 1.81. The Bertz CT molecular complexity index is 463.